The number of nitrogen functional groups attached to an aromatic ring is 1. The van der Waals surface area contributed by atoms with E-state index >= 15 is 0 Å². The number of halogens is 1. The summed E-state index contributed by atoms with van der Waals surface area (Å²) in [6.45, 7) is 4.25. The Hall–Kier alpha value is -2.87. The van der Waals surface area contributed by atoms with Crippen molar-refractivity contribution in [2.45, 2.75) is 31.5 Å². The molecule has 1 atom stereocenters. The van der Waals surface area contributed by atoms with Gasteiger partial charge in [-0.15, -0.1) is 10.2 Å². The largest absolute Gasteiger partial charge is 0.349 e. The number of nitrogens with zero attached hydrogens (tertiary/aromatic N) is 3. The smallest absolute Gasteiger partial charge is 0.230 e. The molecule has 0 bridgehead atoms. The van der Waals surface area contributed by atoms with Crippen molar-refractivity contribution in [3.8, 4) is 11.4 Å². The number of aromatic nitrogens is 3. The number of hydrogen-bond donors (Lipinski definition) is 2. The van der Waals surface area contributed by atoms with E-state index in [-0.39, 0.29) is 29.1 Å². The van der Waals surface area contributed by atoms with Crippen LogP contribution in [0.3, 0.4) is 0 Å². The van der Waals surface area contributed by atoms with E-state index in [4.69, 9.17) is 5.84 Å². The van der Waals surface area contributed by atoms with Crippen molar-refractivity contribution in [3.63, 3.8) is 0 Å². The fraction of sp³-hybridized carbons (Fsp3) is 0.286. The Balaban J connectivity index is 1.65. The molecule has 3 aromatic rings. The van der Waals surface area contributed by atoms with Gasteiger partial charge >= 0.3 is 0 Å². The van der Waals surface area contributed by atoms with Crippen molar-refractivity contribution in [3.05, 3.63) is 66.0 Å². The van der Waals surface area contributed by atoms with Crippen LogP contribution in [0.15, 0.2) is 59.8 Å². The van der Waals surface area contributed by atoms with Gasteiger partial charge in [0.25, 0.3) is 0 Å². The molecule has 0 radical (unpaired) electrons. The van der Waals surface area contributed by atoms with Crippen molar-refractivity contribution >= 4 is 17.7 Å². The fourth-order valence-electron chi connectivity index (χ4n) is 3.00. The summed E-state index contributed by atoms with van der Waals surface area (Å²) in [6, 6.07) is 16.1. The maximum Gasteiger partial charge on any atom is 0.230 e. The number of hydrogen-bond acceptors (Lipinski definition) is 5. The summed E-state index contributed by atoms with van der Waals surface area (Å²) >= 11 is 1.16. The topological polar surface area (TPSA) is 85.8 Å². The van der Waals surface area contributed by atoms with Crippen LogP contribution in [0.4, 0.5) is 4.39 Å². The lowest BCUT2D eigenvalue weighted by Crippen LogP contribution is -2.31. The summed E-state index contributed by atoms with van der Waals surface area (Å²) in [7, 11) is 0. The lowest BCUT2D eigenvalue weighted by molar-refractivity contribution is -0.119. The first-order valence-electron chi connectivity index (χ1n) is 9.38. The molecule has 0 aliphatic carbocycles. The molecular weight excluding hydrogens is 389 g/mol. The second-order valence-corrected chi connectivity index (χ2v) is 8.05. The van der Waals surface area contributed by atoms with Gasteiger partial charge in [-0.05, 0) is 30.0 Å². The number of carbonyl (C=O) groups is 1. The summed E-state index contributed by atoms with van der Waals surface area (Å²) in [6.07, 6.45) is 0.838. The SMILES string of the molecule is CC(C)C[C@@H](NC(=O)CSc1nnc(-c2ccccc2F)n1N)c1ccccc1. The second kappa shape index (κ2) is 9.56. The number of amides is 1. The lowest BCUT2D eigenvalue weighted by Gasteiger charge is -2.21. The predicted octanol–water partition coefficient (Wildman–Crippen LogP) is 3.79. The Bertz CT molecular complexity index is 961. The van der Waals surface area contributed by atoms with Crippen LogP contribution in [0.25, 0.3) is 11.4 Å². The first-order valence-corrected chi connectivity index (χ1v) is 10.4. The number of nitrogens with one attached hydrogen (secondary N) is 1. The molecule has 1 heterocycles. The molecule has 0 fully saturated rings. The van der Waals surface area contributed by atoms with Crippen molar-refractivity contribution in [2.24, 2.45) is 5.92 Å². The minimum atomic E-state index is -0.430. The third-order valence-electron chi connectivity index (χ3n) is 4.36. The van der Waals surface area contributed by atoms with Gasteiger partial charge in [-0.25, -0.2) is 9.07 Å². The second-order valence-electron chi connectivity index (χ2n) is 7.11. The molecule has 29 heavy (non-hydrogen) atoms. The van der Waals surface area contributed by atoms with Crippen molar-refractivity contribution in [2.75, 3.05) is 11.6 Å². The monoisotopic (exact) mass is 413 g/mol. The van der Waals surface area contributed by atoms with E-state index in [1.165, 1.54) is 10.7 Å². The molecule has 6 nitrogen and oxygen atoms in total. The summed E-state index contributed by atoms with van der Waals surface area (Å²) in [5.41, 5.74) is 1.34. The first-order chi connectivity index (χ1) is 14.0. The van der Waals surface area contributed by atoms with Gasteiger partial charge in [0, 0.05) is 0 Å². The number of benzene rings is 2. The molecule has 3 N–H and O–H groups in total. The standard InChI is InChI=1S/C21H24FN5OS/c1-14(2)12-18(15-8-4-3-5-9-15)24-19(28)13-29-21-26-25-20(27(21)23)16-10-6-7-11-17(16)22/h3-11,14,18H,12-13,23H2,1-2H3,(H,24,28)/t18-/m1/s1. The van der Waals surface area contributed by atoms with E-state index in [1.807, 2.05) is 30.3 Å². The number of nitrogens with two attached hydrogens (primary N) is 1. The van der Waals surface area contributed by atoms with Crippen LogP contribution < -0.4 is 11.2 Å². The summed E-state index contributed by atoms with van der Waals surface area (Å²) in [4.78, 5) is 12.5. The van der Waals surface area contributed by atoms with Gasteiger partial charge in [-0.1, -0.05) is 68.1 Å². The van der Waals surface area contributed by atoms with Crippen LogP contribution in [-0.2, 0) is 4.79 Å². The Labute approximate surface area is 173 Å². The van der Waals surface area contributed by atoms with Crippen LogP contribution in [0.1, 0.15) is 31.9 Å². The third kappa shape index (κ3) is 5.35. The minimum Gasteiger partial charge on any atom is -0.349 e. The van der Waals surface area contributed by atoms with Crippen LogP contribution in [-0.4, -0.2) is 26.5 Å². The zero-order valence-electron chi connectivity index (χ0n) is 16.4. The number of rotatable bonds is 8. The lowest BCUT2D eigenvalue weighted by atomic mass is 9.97. The number of carbonyl (C=O) groups excluding carboxylic acids is 1. The molecule has 1 amide bonds. The molecule has 3 rings (SSSR count). The molecule has 1 aromatic heterocycles. The van der Waals surface area contributed by atoms with Crippen LogP contribution in [0, 0.1) is 11.7 Å². The molecule has 2 aromatic carbocycles. The minimum absolute atomic E-state index is 0.0611. The van der Waals surface area contributed by atoms with Gasteiger partial charge in [0.2, 0.25) is 11.1 Å². The zero-order valence-corrected chi connectivity index (χ0v) is 17.2. The first kappa shape index (κ1) is 20.9. The highest BCUT2D eigenvalue weighted by atomic mass is 32.2. The van der Waals surface area contributed by atoms with Crippen LogP contribution in [0.2, 0.25) is 0 Å². The fourth-order valence-corrected chi connectivity index (χ4v) is 3.67. The van der Waals surface area contributed by atoms with E-state index in [1.54, 1.807) is 18.2 Å². The van der Waals surface area contributed by atoms with E-state index < -0.39 is 5.82 Å². The zero-order chi connectivity index (χ0) is 20.8. The molecule has 0 spiro atoms. The van der Waals surface area contributed by atoms with Gasteiger partial charge in [0.05, 0.1) is 17.4 Å². The van der Waals surface area contributed by atoms with E-state index in [2.05, 4.69) is 29.4 Å². The summed E-state index contributed by atoms with van der Waals surface area (Å²) < 4.78 is 15.2. The normalized spacial score (nSPS) is 12.1. The maximum atomic E-state index is 14.0. The highest BCUT2D eigenvalue weighted by Gasteiger charge is 2.19. The van der Waals surface area contributed by atoms with Crippen molar-refractivity contribution in [1.29, 1.82) is 0 Å². The van der Waals surface area contributed by atoms with Crippen molar-refractivity contribution in [1.82, 2.24) is 20.2 Å². The molecule has 0 aliphatic rings. The summed E-state index contributed by atoms with van der Waals surface area (Å²) in [5, 5.41) is 11.4. The van der Waals surface area contributed by atoms with Gasteiger partial charge < -0.3 is 11.2 Å². The summed E-state index contributed by atoms with van der Waals surface area (Å²) in [5.74, 6) is 6.25. The Morgan fingerprint density at radius 3 is 2.52 bits per heavy atom. The van der Waals surface area contributed by atoms with Crippen molar-refractivity contribution < 1.29 is 9.18 Å². The maximum absolute atomic E-state index is 14.0. The predicted molar refractivity (Wildman–Crippen MR) is 113 cm³/mol. The Morgan fingerprint density at radius 2 is 1.83 bits per heavy atom. The Kier molecular flexibility index (Phi) is 6.87. The van der Waals surface area contributed by atoms with Gasteiger partial charge in [-0.3, -0.25) is 4.79 Å². The van der Waals surface area contributed by atoms with Crippen LogP contribution >= 0.6 is 11.8 Å². The molecule has 0 unspecified atom stereocenters. The van der Waals surface area contributed by atoms with Gasteiger partial charge in [0.15, 0.2) is 5.82 Å². The molecule has 0 aliphatic heterocycles. The van der Waals surface area contributed by atoms with E-state index in [9.17, 15) is 9.18 Å². The third-order valence-corrected chi connectivity index (χ3v) is 5.30. The van der Waals surface area contributed by atoms with Crippen LogP contribution in [0.5, 0.6) is 0 Å². The average Bonchev–Trinajstić information content (AvgIpc) is 3.07. The number of thioether (sulfide) groups is 1. The Morgan fingerprint density at radius 1 is 1.14 bits per heavy atom. The molecule has 8 heteroatoms. The molecule has 0 saturated carbocycles. The van der Waals surface area contributed by atoms with Gasteiger partial charge in [-0.2, -0.15) is 0 Å². The average molecular weight is 414 g/mol. The highest BCUT2D eigenvalue weighted by molar-refractivity contribution is 7.99. The molecule has 152 valence electrons. The molecular formula is C21H24FN5OS. The van der Waals surface area contributed by atoms with E-state index in [0.717, 1.165) is 23.7 Å². The highest BCUT2D eigenvalue weighted by Crippen LogP contribution is 2.25. The quantitative estimate of drug-likeness (QED) is 0.433. The van der Waals surface area contributed by atoms with Gasteiger partial charge in [0.1, 0.15) is 5.82 Å². The molecule has 0 saturated heterocycles. The van der Waals surface area contributed by atoms with E-state index in [0.29, 0.717) is 11.1 Å².